The molecule has 1 aliphatic heterocycles. The molecule has 3 heterocycles. The minimum Gasteiger partial charge on any atom is -0.383 e. The van der Waals surface area contributed by atoms with Gasteiger partial charge in [0.2, 0.25) is 5.91 Å². The Morgan fingerprint density at radius 2 is 2.43 bits per heavy atom. The normalized spacial score (nSPS) is 21.0. The Morgan fingerprint density at radius 1 is 1.65 bits per heavy atom. The maximum atomic E-state index is 12.1. The van der Waals surface area contributed by atoms with Gasteiger partial charge in [0.15, 0.2) is 5.82 Å². The van der Waals surface area contributed by atoms with Gasteiger partial charge in [0.05, 0.1) is 12.6 Å². The molecule has 1 amide bonds. The lowest BCUT2D eigenvalue weighted by molar-refractivity contribution is -0.127. The highest BCUT2D eigenvalue weighted by atomic mass is 127. The van der Waals surface area contributed by atoms with Gasteiger partial charge < -0.3 is 15.4 Å². The second kappa shape index (κ2) is 6.44. The zero-order valence-corrected chi connectivity index (χ0v) is 14.9. The molecule has 0 radical (unpaired) electrons. The number of hydrogen-bond donors (Lipinski definition) is 1. The van der Waals surface area contributed by atoms with Crippen molar-refractivity contribution in [2.75, 3.05) is 26.0 Å². The molecule has 122 valence electrons. The first-order valence-corrected chi connectivity index (χ1v) is 8.34. The van der Waals surface area contributed by atoms with Gasteiger partial charge in [0.1, 0.15) is 11.8 Å². The van der Waals surface area contributed by atoms with Gasteiger partial charge in [0.25, 0.3) is 0 Å². The van der Waals surface area contributed by atoms with Gasteiger partial charge >= 0.3 is 0 Å². The third kappa shape index (κ3) is 2.80. The summed E-state index contributed by atoms with van der Waals surface area (Å²) in [6.07, 6.45) is 3.63. The van der Waals surface area contributed by atoms with Crippen molar-refractivity contribution in [2.24, 2.45) is 0 Å². The van der Waals surface area contributed by atoms with Crippen molar-refractivity contribution in [2.45, 2.75) is 18.4 Å². The molecule has 7 nitrogen and oxygen atoms in total. The van der Waals surface area contributed by atoms with Gasteiger partial charge in [0, 0.05) is 28.8 Å². The van der Waals surface area contributed by atoms with Crippen molar-refractivity contribution >= 4 is 39.8 Å². The van der Waals surface area contributed by atoms with Crippen LogP contribution in [0.1, 0.15) is 18.0 Å². The van der Waals surface area contributed by atoms with Crippen LogP contribution >= 0.6 is 22.6 Å². The zero-order chi connectivity index (χ0) is 16.6. The highest BCUT2D eigenvalue weighted by molar-refractivity contribution is 14.1. The van der Waals surface area contributed by atoms with Crippen LogP contribution in [-0.4, -0.2) is 51.7 Å². The zero-order valence-electron chi connectivity index (χ0n) is 12.8. The van der Waals surface area contributed by atoms with Crippen LogP contribution in [0.5, 0.6) is 0 Å². The third-order valence-electron chi connectivity index (χ3n) is 4.21. The molecular weight excluding hydrogens is 409 g/mol. The largest absolute Gasteiger partial charge is 0.383 e. The molecule has 3 rings (SSSR count). The van der Waals surface area contributed by atoms with Gasteiger partial charge in [-0.25, -0.2) is 9.50 Å². The number of nitrogens with two attached hydrogens (primary N) is 1. The third-order valence-corrected chi connectivity index (χ3v) is 5.04. The maximum absolute atomic E-state index is 12.1. The number of aromatic nitrogens is 3. The van der Waals surface area contributed by atoms with Crippen LogP contribution in [0, 0.1) is 3.57 Å². The monoisotopic (exact) mass is 427 g/mol. The molecule has 0 spiro atoms. The molecule has 2 aromatic heterocycles. The Labute approximate surface area is 147 Å². The summed E-state index contributed by atoms with van der Waals surface area (Å²) in [6, 6.07) is 2.11. The van der Waals surface area contributed by atoms with E-state index in [1.165, 1.54) is 12.4 Å². The number of halogens is 1. The average Bonchev–Trinajstić information content (AvgIpc) is 3.09. The Morgan fingerprint density at radius 3 is 3.13 bits per heavy atom. The molecule has 1 unspecified atom stereocenters. The lowest BCUT2D eigenvalue weighted by atomic mass is 10.0. The Hall–Kier alpha value is -1.68. The van der Waals surface area contributed by atoms with Crippen molar-refractivity contribution in [1.82, 2.24) is 19.5 Å². The van der Waals surface area contributed by atoms with Crippen LogP contribution < -0.4 is 5.73 Å². The van der Waals surface area contributed by atoms with E-state index >= 15 is 0 Å². The first-order valence-electron chi connectivity index (χ1n) is 7.26. The van der Waals surface area contributed by atoms with Gasteiger partial charge in [-0.2, -0.15) is 5.10 Å². The fourth-order valence-electron chi connectivity index (χ4n) is 3.21. The van der Waals surface area contributed by atoms with Crippen molar-refractivity contribution in [1.29, 1.82) is 0 Å². The van der Waals surface area contributed by atoms with Gasteiger partial charge in [-0.15, -0.1) is 0 Å². The van der Waals surface area contributed by atoms with Crippen molar-refractivity contribution in [3.8, 4) is 0 Å². The van der Waals surface area contributed by atoms with Crippen LogP contribution in [0.3, 0.4) is 0 Å². The first-order chi connectivity index (χ1) is 11.1. The minimum atomic E-state index is -0.0701. The summed E-state index contributed by atoms with van der Waals surface area (Å²) in [6.45, 7) is 4.71. The molecule has 0 aliphatic carbocycles. The predicted octanol–water partition coefficient (Wildman–Crippen LogP) is 1.43. The standard InChI is InChI=1S/C15H18IN5O2/c1-3-13(22)20-6-9(4-10(20)7-23-2)12-5-11(16)14-15(17)18-8-19-21(12)14/h3,5,8-10H,1,4,6-7H2,2H3,(H2,17,18,19)/t9?,10-/m1/s1. The van der Waals surface area contributed by atoms with Crippen LogP contribution in [-0.2, 0) is 9.53 Å². The summed E-state index contributed by atoms with van der Waals surface area (Å²) in [5.41, 5.74) is 7.83. The van der Waals surface area contributed by atoms with E-state index in [9.17, 15) is 4.79 Å². The van der Waals surface area contributed by atoms with E-state index in [0.717, 1.165) is 21.2 Å². The molecule has 1 fully saturated rings. The first kappa shape index (κ1) is 16.2. The molecular formula is C15H18IN5O2. The van der Waals surface area contributed by atoms with Gasteiger partial charge in [-0.05, 0) is 41.2 Å². The van der Waals surface area contributed by atoms with Crippen LogP contribution in [0.2, 0.25) is 0 Å². The summed E-state index contributed by atoms with van der Waals surface area (Å²) in [4.78, 5) is 18.0. The molecule has 8 heteroatoms. The number of anilines is 1. The number of methoxy groups -OCH3 is 1. The van der Waals surface area contributed by atoms with Crippen LogP contribution in [0.4, 0.5) is 5.82 Å². The minimum absolute atomic E-state index is 0.0397. The highest BCUT2D eigenvalue weighted by Gasteiger charge is 2.36. The molecule has 0 saturated carbocycles. The number of ether oxygens (including phenoxy) is 1. The second-order valence-corrected chi connectivity index (χ2v) is 6.72. The summed E-state index contributed by atoms with van der Waals surface area (Å²) in [5, 5.41) is 4.33. The summed E-state index contributed by atoms with van der Waals surface area (Å²) >= 11 is 2.24. The summed E-state index contributed by atoms with van der Waals surface area (Å²) < 4.78 is 8.11. The molecule has 1 aliphatic rings. The number of nitrogens with zero attached hydrogens (tertiary/aromatic N) is 4. The Kier molecular flexibility index (Phi) is 4.53. The van der Waals surface area contributed by atoms with Crippen molar-refractivity contribution in [3.63, 3.8) is 0 Å². The molecule has 2 aromatic rings. The Bertz CT molecular complexity index is 760. The SMILES string of the molecule is C=CC(=O)N1CC(c2cc(I)c3c(N)ncnn23)C[C@@H]1COC. The Balaban J connectivity index is 1.98. The summed E-state index contributed by atoms with van der Waals surface area (Å²) in [5.74, 6) is 0.560. The van der Waals surface area contributed by atoms with Crippen LogP contribution in [0.15, 0.2) is 25.0 Å². The van der Waals surface area contributed by atoms with E-state index in [4.69, 9.17) is 10.5 Å². The van der Waals surface area contributed by atoms with Gasteiger partial charge in [-0.1, -0.05) is 6.58 Å². The van der Waals surface area contributed by atoms with Crippen molar-refractivity contribution in [3.05, 3.63) is 34.3 Å². The number of rotatable bonds is 4. The van der Waals surface area contributed by atoms with Crippen molar-refractivity contribution < 1.29 is 9.53 Å². The fraction of sp³-hybridized carbons (Fsp3) is 0.400. The van der Waals surface area contributed by atoms with E-state index in [1.54, 1.807) is 7.11 Å². The number of likely N-dealkylation sites (tertiary alicyclic amines) is 1. The number of fused-ring (bicyclic) bond motifs is 1. The topological polar surface area (TPSA) is 85.8 Å². The molecule has 0 bridgehead atoms. The van der Waals surface area contributed by atoms with Crippen LogP contribution in [0.25, 0.3) is 5.52 Å². The number of nitrogen functional groups attached to an aromatic ring is 1. The lowest BCUT2D eigenvalue weighted by Gasteiger charge is -2.22. The predicted molar refractivity (Wildman–Crippen MR) is 95.0 cm³/mol. The fourth-order valence-corrected chi connectivity index (χ4v) is 4.03. The highest BCUT2D eigenvalue weighted by Crippen LogP contribution is 2.35. The molecule has 2 atom stereocenters. The van der Waals surface area contributed by atoms with E-state index in [0.29, 0.717) is 19.0 Å². The number of carbonyl (C=O) groups excluding carboxylic acids is 1. The van der Waals surface area contributed by atoms with E-state index < -0.39 is 0 Å². The number of amides is 1. The average molecular weight is 427 g/mol. The molecule has 1 saturated heterocycles. The quantitative estimate of drug-likeness (QED) is 0.590. The second-order valence-electron chi connectivity index (χ2n) is 5.56. The van der Waals surface area contributed by atoms with Gasteiger partial charge in [-0.3, -0.25) is 4.79 Å². The lowest BCUT2D eigenvalue weighted by Crippen LogP contribution is -2.37. The molecule has 23 heavy (non-hydrogen) atoms. The molecule has 2 N–H and O–H groups in total. The van der Waals surface area contributed by atoms with E-state index in [-0.39, 0.29) is 17.9 Å². The number of hydrogen-bond acceptors (Lipinski definition) is 5. The van der Waals surface area contributed by atoms with E-state index in [1.807, 2.05) is 9.42 Å². The maximum Gasteiger partial charge on any atom is 0.246 e. The summed E-state index contributed by atoms with van der Waals surface area (Å²) in [7, 11) is 1.65. The van der Waals surface area contributed by atoms with E-state index in [2.05, 4.69) is 45.3 Å². The smallest absolute Gasteiger partial charge is 0.246 e. The number of carbonyl (C=O) groups is 1. The molecule has 0 aromatic carbocycles.